The number of carbonyl (C=O) groups excluding carboxylic acids is 1. The molecule has 0 unspecified atom stereocenters. The summed E-state index contributed by atoms with van der Waals surface area (Å²) >= 11 is 12.0. The van der Waals surface area contributed by atoms with Gasteiger partial charge in [-0.25, -0.2) is 4.79 Å². The van der Waals surface area contributed by atoms with Crippen LogP contribution in [0.25, 0.3) is 10.8 Å². The molecule has 0 aromatic heterocycles. The van der Waals surface area contributed by atoms with Crippen LogP contribution >= 0.6 is 23.2 Å². The highest BCUT2D eigenvalue weighted by Crippen LogP contribution is 2.27. The number of hydrogen-bond acceptors (Lipinski definition) is 2. The number of anilines is 1. The van der Waals surface area contributed by atoms with Gasteiger partial charge in [-0.3, -0.25) is 4.79 Å². The van der Waals surface area contributed by atoms with E-state index in [1.807, 2.05) is 6.07 Å². The molecule has 120 valence electrons. The van der Waals surface area contributed by atoms with E-state index in [4.69, 9.17) is 28.3 Å². The SMILES string of the molecule is O=C(O)c1cc(NC(=O)c2cccc3c(Cl)cccc23)ccc1Cl. The van der Waals surface area contributed by atoms with Gasteiger partial charge in [-0.05, 0) is 35.7 Å². The standard InChI is InChI=1S/C18H11Cl2NO3/c19-15-6-2-3-11-12(15)4-1-5-13(11)17(22)21-10-7-8-16(20)14(9-10)18(23)24/h1-9H,(H,21,22)(H,23,24). The third-order valence-electron chi connectivity index (χ3n) is 3.57. The highest BCUT2D eigenvalue weighted by Gasteiger charge is 2.14. The zero-order valence-corrected chi connectivity index (χ0v) is 13.7. The Labute approximate surface area is 147 Å². The minimum Gasteiger partial charge on any atom is -0.478 e. The zero-order chi connectivity index (χ0) is 17.3. The number of carbonyl (C=O) groups is 2. The Morgan fingerprint density at radius 1 is 0.833 bits per heavy atom. The maximum Gasteiger partial charge on any atom is 0.337 e. The Morgan fingerprint density at radius 2 is 1.54 bits per heavy atom. The van der Waals surface area contributed by atoms with Gasteiger partial charge in [-0.1, -0.05) is 47.5 Å². The Morgan fingerprint density at radius 3 is 2.29 bits per heavy atom. The molecule has 6 heteroatoms. The molecule has 0 aliphatic heterocycles. The van der Waals surface area contributed by atoms with E-state index in [1.54, 1.807) is 36.4 Å². The molecule has 0 bridgehead atoms. The van der Waals surface area contributed by atoms with Gasteiger partial charge in [0.15, 0.2) is 0 Å². The van der Waals surface area contributed by atoms with Crippen LogP contribution in [0, 0.1) is 0 Å². The average molecular weight is 360 g/mol. The number of carboxylic acids is 1. The first kappa shape index (κ1) is 16.3. The lowest BCUT2D eigenvalue weighted by Gasteiger charge is -2.10. The second kappa shape index (κ2) is 6.51. The maximum atomic E-state index is 12.6. The summed E-state index contributed by atoms with van der Waals surface area (Å²) in [4.78, 5) is 23.7. The Hall–Kier alpha value is -2.56. The molecule has 0 aliphatic carbocycles. The molecule has 0 heterocycles. The number of aromatic carboxylic acids is 1. The van der Waals surface area contributed by atoms with Crippen molar-refractivity contribution < 1.29 is 14.7 Å². The lowest BCUT2D eigenvalue weighted by Crippen LogP contribution is -2.13. The fourth-order valence-electron chi connectivity index (χ4n) is 2.43. The topological polar surface area (TPSA) is 66.4 Å². The number of rotatable bonds is 3. The first-order valence-electron chi connectivity index (χ1n) is 6.99. The number of carboxylic acid groups (broad SMARTS) is 1. The molecule has 3 aromatic rings. The van der Waals surface area contributed by atoms with E-state index in [0.717, 1.165) is 10.8 Å². The van der Waals surface area contributed by atoms with Gasteiger partial charge in [0.1, 0.15) is 0 Å². The van der Waals surface area contributed by atoms with Crippen LogP contribution in [0.2, 0.25) is 10.0 Å². The molecule has 0 saturated heterocycles. The van der Waals surface area contributed by atoms with Crippen molar-refractivity contribution in [1.82, 2.24) is 0 Å². The largest absolute Gasteiger partial charge is 0.478 e. The lowest BCUT2D eigenvalue weighted by atomic mass is 10.0. The summed E-state index contributed by atoms with van der Waals surface area (Å²) in [6.07, 6.45) is 0. The van der Waals surface area contributed by atoms with Crippen LogP contribution in [0.1, 0.15) is 20.7 Å². The molecule has 3 aromatic carbocycles. The monoisotopic (exact) mass is 359 g/mol. The Bertz CT molecular complexity index is 970. The van der Waals surface area contributed by atoms with Crippen LogP contribution in [0.15, 0.2) is 54.6 Å². The van der Waals surface area contributed by atoms with E-state index in [0.29, 0.717) is 16.3 Å². The van der Waals surface area contributed by atoms with Crippen LogP contribution in [0.5, 0.6) is 0 Å². The van der Waals surface area contributed by atoms with Gasteiger partial charge in [-0.2, -0.15) is 0 Å². The van der Waals surface area contributed by atoms with E-state index < -0.39 is 5.97 Å². The first-order valence-corrected chi connectivity index (χ1v) is 7.74. The third-order valence-corrected chi connectivity index (χ3v) is 4.23. The van der Waals surface area contributed by atoms with Gasteiger partial charge in [0, 0.05) is 21.7 Å². The molecule has 0 fully saturated rings. The molecule has 3 rings (SSSR count). The van der Waals surface area contributed by atoms with Gasteiger partial charge in [-0.15, -0.1) is 0 Å². The molecule has 0 aliphatic rings. The summed E-state index contributed by atoms with van der Waals surface area (Å²) in [5.74, 6) is -1.52. The molecule has 2 N–H and O–H groups in total. The predicted molar refractivity (Wildman–Crippen MR) is 95.3 cm³/mol. The number of amides is 1. The van der Waals surface area contributed by atoms with Gasteiger partial charge in [0.2, 0.25) is 0 Å². The van der Waals surface area contributed by atoms with Gasteiger partial charge in [0.05, 0.1) is 10.6 Å². The van der Waals surface area contributed by atoms with E-state index in [9.17, 15) is 9.59 Å². The molecule has 0 radical (unpaired) electrons. The normalized spacial score (nSPS) is 10.6. The summed E-state index contributed by atoms with van der Waals surface area (Å²) < 4.78 is 0. The summed E-state index contributed by atoms with van der Waals surface area (Å²) in [5, 5.41) is 13.9. The predicted octanol–water partition coefficient (Wildman–Crippen LogP) is 5.10. The fraction of sp³-hybridized carbons (Fsp3) is 0. The van der Waals surface area contributed by atoms with Gasteiger partial charge < -0.3 is 10.4 Å². The highest BCUT2D eigenvalue weighted by molar-refractivity contribution is 6.36. The molecule has 24 heavy (non-hydrogen) atoms. The van der Waals surface area contributed by atoms with Crippen LogP contribution in [-0.2, 0) is 0 Å². The van der Waals surface area contributed by atoms with Crippen LogP contribution in [-0.4, -0.2) is 17.0 Å². The van der Waals surface area contributed by atoms with Crippen molar-refractivity contribution in [2.24, 2.45) is 0 Å². The van der Waals surface area contributed by atoms with Crippen molar-refractivity contribution in [3.63, 3.8) is 0 Å². The zero-order valence-electron chi connectivity index (χ0n) is 12.2. The van der Waals surface area contributed by atoms with E-state index in [-0.39, 0.29) is 16.5 Å². The van der Waals surface area contributed by atoms with Crippen molar-refractivity contribution >= 4 is 51.5 Å². The Kier molecular flexibility index (Phi) is 4.42. The summed E-state index contributed by atoms with van der Waals surface area (Å²) in [6.45, 7) is 0. The van der Waals surface area contributed by atoms with Gasteiger partial charge in [0.25, 0.3) is 5.91 Å². The second-order valence-corrected chi connectivity index (χ2v) is 5.91. The van der Waals surface area contributed by atoms with E-state index in [2.05, 4.69) is 5.32 Å². The lowest BCUT2D eigenvalue weighted by molar-refractivity contribution is 0.0696. The van der Waals surface area contributed by atoms with Crippen molar-refractivity contribution in [1.29, 1.82) is 0 Å². The van der Waals surface area contributed by atoms with E-state index >= 15 is 0 Å². The number of halogens is 2. The van der Waals surface area contributed by atoms with E-state index in [1.165, 1.54) is 12.1 Å². The third kappa shape index (κ3) is 3.07. The first-order chi connectivity index (χ1) is 11.5. The van der Waals surface area contributed by atoms with Crippen molar-refractivity contribution in [3.8, 4) is 0 Å². The molecule has 0 atom stereocenters. The molecule has 0 spiro atoms. The number of nitrogens with one attached hydrogen (secondary N) is 1. The summed E-state index contributed by atoms with van der Waals surface area (Å²) in [7, 11) is 0. The quantitative estimate of drug-likeness (QED) is 0.683. The highest BCUT2D eigenvalue weighted by atomic mass is 35.5. The summed E-state index contributed by atoms with van der Waals surface area (Å²) in [5.41, 5.74) is 0.720. The maximum absolute atomic E-state index is 12.6. The minimum atomic E-state index is -1.16. The fourth-order valence-corrected chi connectivity index (χ4v) is 2.87. The molecule has 4 nitrogen and oxygen atoms in total. The number of fused-ring (bicyclic) bond motifs is 1. The van der Waals surface area contributed by atoms with Gasteiger partial charge >= 0.3 is 5.97 Å². The molecule has 0 saturated carbocycles. The molecular formula is C18H11Cl2NO3. The van der Waals surface area contributed by atoms with Crippen molar-refractivity contribution in [2.75, 3.05) is 5.32 Å². The van der Waals surface area contributed by atoms with Crippen molar-refractivity contribution in [3.05, 3.63) is 75.8 Å². The van der Waals surface area contributed by atoms with Crippen LogP contribution < -0.4 is 5.32 Å². The molecular weight excluding hydrogens is 349 g/mol. The minimum absolute atomic E-state index is 0.0737. The summed E-state index contributed by atoms with van der Waals surface area (Å²) in [6, 6.07) is 14.9. The number of hydrogen-bond donors (Lipinski definition) is 2. The smallest absolute Gasteiger partial charge is 0.337 e. The Balaban J connectivity index is 1.98. The van der Waals surface area contributed by atoms with Crippen molar-refractivity contribution in [2.45, 2.75) is 0 Å². The average Bonchev–Trinajstić information content (AvgIpc) is 2.56. The number of benzene rings is 3. The second-order valence-electron chi connectivity index (χ2n) is 5.09. The van der Waals surface area contributed by atoms with Crippen LogP contribution in [0.4, 0.5) is 5.69 Å². The molecule has 1 amide bonds. The van der Waals surface area contributed by atoms with Crippen LogP contribution in [0.3, 0.4) is 0 Å².